The SMILES string of the molecule is CC(C)Oc1ccc(-c2nc(N)nc3[nH]ncc23)cc1. The molecule has 3 rings (SSSR count). The summed E-state index contributed by atoms with van der Waals surface area (Å²) in [5, 5.41) is 7.62. The van der Waals surface area contributed by atoms with E-state index < -0.39 is 0 Å². The average Bonchev–Trinajstić information content (AvgIpc) is 2.86. The Morgan fingerprint density at radius 2 is 1.90 bits per heavy atom. The monoisotopic (exact) mass is 269 g/mol. The van der Waals surface area contributed by atoms with Gasteiger partial charge >= 0.3 is 0 Å². The molecule has 0 fully saturated rings. The van der Waals surface area contributed by atoms with Gasteiger partial charge in [-0.25, -0.2) is 4.98 Å². The molecule has 0 atom stereocenters. The first kappa shape index (κ1) is 12.4. The first-order chi connectivity index (χ1) is 9.63. The van der Waals surface area contributed by atoms with Crippen LogP contribution in [0.1, 0.15) is 13.8 Å². The molecule has 3 N–H and O–H groups in total. The standard InChI is InChI=1S/C14H15N5O/c1-8(2)20-10-5-3-9(4-6-10)12-11-7-16-19-13(11)18-14(15)17-12/h3-8H,1-2H3,(H3,15,16,17,18,19). The van der Waals surface area contributed by atoms with Crippen molar-refractivity contribution < 1.29 is 4.74 Å². The molecule has 0 saturated carbocycles. The lowest BCUT2D eigenvalue weighted by Gasteiger charge is -2.10. The molecule has 0 aliphatic carbocycles. The number of fused-ring (bicyclic) bond motifs is 1. The molecule has 0 amide bonds. The Morgan fingerprint density at radius 3 is 2.60 bits per heavy atom. The highest BCUT2D eigenvalue weighted by atomic mass is 16.5. The number of hydrogen-bond donors (Lipinski definition) is 2. The van der Waals surface area contributed by atoms with E-state index in [0.717, 1.165) is 22.4 Å². The van der Waals surface area contributed by atoms with Crippen LogP contribution in [0.2, 0.25) is 0 Å². The number of H-pyrrole nitrogens is 1. The van der Waals surface area contributed by atoms with Gasteiger partial charge in [-0.3, -0.25) is 5.10 Å². The van der Waals surface area contributed by atoms with Crippen LogP contribution in [0, 0.1) is 0 Å². The summed E-state index contributed by atoms with van der Waals surface area (Å²) in [6, 6.07) is 7.73. The summed E-state index contributed by atoms with van der Waals surface area (Å²) in [6.07, 6.45) is 1.85. The van der Waals surface area contributed by atoms with Crippen LogP contribution in [-0.4, -0.2) is 26.3 Å². The Labute approximate surface area is 116 Å². The van der Waals surface area contributed by atoms with Crippen LogP contribution < -0.4 is 10.5 Å². The molecule has 1 aromatic carbocycles. The number of nitrogens with one attached hydrogen (secondary N) is 1. The fraction of sp³-hybridized carbons (Fsp3) is 0.214. The van der Waals surface area contributed by atoms with E-state index in [4.69, 9.17) is 10.5 Å². The van der Waals surface area contributed by atoms with Gasteiger partial charge in [-0.2, -0.15) is 10.1 Å². The maximum atomic E-state index is 5.72. The number of aromatic nitrogens is 4. The van der Waals surface area contributed by atoms with Crippen LogP contribution in [0.25, 0.3) is 22.3 Å². The van der Waals surface area contributed by atoms with Gasteiger partial charge in [0.25, 0.3) is 0 Å². The van der Waals surface area contributed by atoms with Gasteiger partial charge in [0.1, 0.15) is 5.75 Å². The van der Waals surface area contributed by atoms with Crippen molar-refractivity contribution in [2.24, 2.45) is 0 Å². The van der Waals surface area contributed by atoms with Gasteiger partial charge in [-0.05, 0) is 38.1 Å². The predicted molar refractivity (Wildman–Crippen MR) is 77.3 cm³/mol. The number of rotatable bonds is 3. The fourth-order valence-corrected chi connectivity index (χ4v) is 2.04. The molecular weight excluding hydrogens is 254 g/mol. The summed E-state index contributed by atoms with van der Waals surface area (Å²) in [5.41, 5.74) is 8.06. The summed E-state index contributed by atoms with van der Waals surface area (Å²) >= 11 is 0. The van der Waals surface area contributed by atoms with Gasteiger partial charge < -0.3 is 10.5 Å². The minimum atomic E-state index is 0.149. The number of benzene rings is 1. The first-order valence-electron chi connectivity index (χ1n) is 6.37. The Balaban J connectivity index is 2.04. The molecule has 2 heterocycles. The van der Waals surface area contributed by atoms with E-state index in [2.05, 4.69) is 20.2 Å². The third kappa shape index (κ3) is 2.27. The van der Waals surface area contributed by atoms with Crippen molar-refractivity contribution in [2.45, 2.75) is 20.0 Å². The second-order valence-electron chi connectivity index (χ2n) is 4.75. The average molecular weight is 269 g/mol. The molecule has 0 bridgehead atoms. The maximum Gasteiger partial charge on any atom is 0.222 e. The van der Waals surface area contributed by atoms with Gasteiger partial charge in [0.2, 0.25) is 5.95 Å². The molecule has 0 aliphatic heterocycles. The topological polar surface area (TPSA) is 89.7 Å². The van der Waals surface area contributed by atoms with Gasteiger partial charge in [-0.1, -0.05) is 0 Å². The van der Waals surface area contributed by atoms with Crippen LogP contribution in [0.4, 0.5) is 5.95 Å². The first-order valence-corrected chi connectivity index (χ1v) is 6.37. The van der Waals surface area contributed by atoms with Gasteiger partial charge in [0.15, 0.2) is 5.65 Å². The molecule has 0 saturated heterocycles. The zero-order valence-corrected chi connectivity index (χ0v) is 11.3. The van der Waals surface area contributed by atoms with Crippen molar-refractivity contribution in [2.75, 3.05) is 5.73 Å². The van der Waals surface area contributed by atoms with Crippen molar-refractivity contribution in [3.05, 3.63) is 30.5 Å². The van der Waals surface area contributed by atoms with Crippen LogP contribution in [0.15, 0.2) is 30.5 Å². The maximum absolute atomic E-state index is 5.72. The predicted octanol–water partition coefficient (Wildman–Crippen LogP) is 2.39. The molecule has 102 valence electrons. The number of nitrogen functional groups attached to an aromatic ring is 1. The molecular formula is C14H15N5O. The van der Waals surface area contributed by atoms with E-state index >= 15 is 0 Å². The van der Waals surface area contributed by atoms with E-state index in [9.17, 15) is 0 Å². The highest BCUT2D eigenvalue weighted by Gasteiger charge is 2.10. The lowest BCUT2D eigenvalue weighted by atomic mass is 10.1. The Bertz CT molecular complexity index is 733. The van der Waals surface area contributed by atoms with Gasteiger partial charge in [-0.15, -0.1) is 0 Å². The quantitative estimate of drug-likeness (QED) is 0.762. The van der Waals surface area contributed by atoms with Crippen LogP contribution >= 0.6 is 0 Å². The molecule has 3 aromatic rings. The van der Waals surface area contributed by atoms with Crippen molar-refractivity contribution in [3.63, 3.8) is 0 Å². The van der Waals surface area contributed by atoms with Crippen molar-refractivity contribution in [3.8, 4) is 17.0 Å². The van der Waals surface area contributed by atoms with E-state index in [1.54, 1.807) is 6.20 Å². The molecule has 0 aliphatic rings. The molecule has 0 radical (unpaired) electrons. The molecule has 6 nitrogen and oxygen atoms in total. The lowest BCUT2D eigenvalue weighted by molar-refractivity contribution is 0.242. The summed E-state index contributed by atoms with van der Waals surface area (Å²) < 4.78 is 5.63. The normalized spacial score (nSPS) is 11.2. The number of nitrogens with zero attached hydrogens (tertiary/aromatic N) is 3. The number of nitrogens with two attached hydrogens (primary N) is 1. The Kier molecular flexibility index (Phi) is 2.98. The van der Waals surface area contributed by atoms with Crippen molar-refractivity contribution in [1.82, 2.24) is 20.2 Å². The number of hydrogen-bond acceptors (Lipinski definition) is 5. The van der Waals surface area contributed by atoms with Crippen LogP contribution in [-0.2, 0) is 0 Å². The van der Waals surface area contributed by atoms with Crippen LogP contribution in [0.3, 0.4) is 0 Å². The minimum Gasteiger partial charge on any atom is -0.491 e. The zero-order valence-electron chi connectivity index (χ0n) is 11.3. The summed E-state index contributed by atoms with van der Waals surface area (Å²) in [4.78, 5) is 8.40. The second kappa shape index (κ2) is 4.80. The second-order valence-corrected chi connectivity index (χ2v) is 4.75. The Hall–Kier alpha value is -2.63. The highest BCUT2D eigenvalue weighted by Crippen LogP contribution is 2.27. The fourth-order valence-electron chi connectivity index (χ4n) is 2.04. The van der Waals surface area contributed by atoms with Crippen LogP contribution in [0.5, 0.6) is 5.75 Å². The van der Waals surface area contributed by atoms with Crippen molar-refractivity contribution in [1.29, 1.82) is 0 Å². The highest BCUT2D eigenvalue weighted by molar-refractivity contribution is 5.90. The molecule has 0 spiro atoms. The number of anilines is 1. The minimum absolute atomic E-state index is 0.149. The number of ether oxygens (including phenoxy) is 1. The molecule has 2 aromatic heterocycles. The molecule has 20 heavy (non-hydrogen) atoms. The summed E-state index contributed by atoms with van der Waals surface area (Å²) in [6.45, 7) is 3.99. The third-order valence-electron chi connectivity index (χ3n) is 2.83. The van der Waals surface area contributed by atoms with Gasteiger partial charge in [0, 0.05) is 5.56 Å². The summed E-state index contributed by atoms with van der Waals surface area (Å²) in [5.74, 6) is 1.05. The van der Waals surface area contributed by atoms with E-state index in [-0.39, 0.29) is 12.1 Å². The van der Waals surface area contributed by atoms with E-state index in [0.29, 0.717) is 5.65 Å². The number of aromatic amines is 1. The Morgan fingerprint density at radius 1 is 1.15 bits per heavy atom. The summed E-state index contributed by atoms with van der Waals surface area (Å²) in [7, 11) is 0. The third-order valence-corrected chi connectivity index (χ3v) is 2.83. The largest absolute Gasteiger partial charge is 0.491 e. The van der Waals surface area contributed by atoms with Crippen molar-refractivity contribution >= 4 is 17.0 Å². The van der Waals surface area contributed by atoms with Gasteiger partial charge in [0.05, 0.1) is 23.4 Å². The lowest BCUT2D eigenvalue weighted by Crippen LogP contribution is -2.05. The smallest absolute Gasteiger partial charge is 0.222 e. The molecule has 0 unspecified atom stereocenters. The molecule has 6 heteroatoms. The zero-order chi connectivity index (χ0) is 14.1. The van der Waals surface area contributed by atoms with E-state index in [1.165, 1.54) is 0 Å². The van der Waals surface area contributed by atoms with E-state index in [1.807, 2.05) is 38.1 Å².